The van der Waals surface area contributed by atoms with E-state index in [9.17, 15) is 0 Å². The Bertz CT molecular complexity index is 1190. The Hall–Kier alpha value is -2.84. The lowest BCUT2D eigenvalue weighted by atomic mass is 10.0. The van der Waals surface area contributed by atoms with E-state index in [2.05, 4.69) is 118 Å². The van der Waals surface area contributed by atoms with Crippen molar-refractivity contribution in [1.82, 2.24) is 4.57 Å². The quantitative estimate of drug-likeness (QED) is 0.180. The third kappa shape index (κ3) is 3.57. The van der Waals surface area contributed by atoms with Gasteiger partial charge in [-0.25, -0.2) is 0 Å². The summed E-state index contributed by atoms with van der Waals surface area (Å²) in [4.78, 5) is 0. The number of rotatable bonds is 6. The number of fused-ring (bicyclic) bond motifs is 3. The SMILES string of the molecule is BrCCCCn1c2ccc(-c3ccccc3)cc2c2cc(-c3ccccc3)ccc21. The second-order valence-electron chi connectivity index (χ2n) is 7.74. The van der Waals surface area contributed by atoms with Crippen LogP contribution < -0.4 is 0 Å². The highest BCUT2D eigenvalue weighted by Gasteiger charge is 2.13. The Morgan fingerprint density at radius 2 is 1.03 bits per heavy atom. The maximum absolute atomic E-state index is 3.57. The Morgan fingerprint density at radius 1 is 0.533 bits per heavy atom. The van der Waals surface area contributed by atoms with Gasteiger partial charge in [-0.1, -0.05) is 88.7 Å². The summed E-state index contributed by atoms with van der Waals surface area (Å²) in [6, 6.07) is 35.2. The molecule has 0 spiro atoms. The normalized spacial score (nSPS) is 11.4. The first-order valence-corrected chi connectivity index (χ1v) is 11.7. The molecule has 0 aliphatic heterocycles. The van der Waals surface area contributed by atoms with Crippen LogP contribution in [0.3, 0.4) is 0 Å². The van der Waals surface area contributed by atoms with Crippen LogP contribution in [-0.4, -0.2) is 9.90 Å². The van der Waals surface area contributed by atoms with Gasteiger partial charge in [0.05, 0.1) is 0 Å². The minimum atomic E-state index is 1.04. The summed E-state index contributed by atoms with van der Waals surface area (Å²) in [5.74, 6) is 0. The van der Waals surface area contributed by atoms with Gasteiger partial charge in [-0.2, -0.15) is 0 Å². The van der Waals surface area contributed by atoms with Crippen LogP contribution in [0.25, 0.3) is 44.1 Å². The summed E-state index contributed by atoms with van der Waals surface area (Å²) in [6.45, 7) is 1.04. The molecule has 0 unspecified atom stereocenters. The van der Waals surface area contributed by atoms with Gasteiger partial charge in [0.15, 0.2) is 0 Å². The highest BCUT2D eigenvalue weighted by Crippen LogP contribution is 2.35. The van der Waals surface area contributed by atoms with E-state index in [4.69, 9.17) is 0 Å². The van der Waals surface area contributed by atoms with Crippen LogP contribution in [-0.2, 0) is 6.54 Å². The molecule has 1 nitrogen and oxygen atoms in total. The van der Waals surface area contributed by atoms with E-state index in [1.807, 2.05) is 0 Å². The maximum atomic E-state index is 3.57. The summed E-state index contributed by atoms with van der Waals surface area (Å²) in [5.41, 5.74) is 7.71. The predicted molar refractivity (Wildman–Crippen MR) is 133 cm³/mol. The molecule has 5 aromatic rings. The fourth-order valence-corrected chi connectivity index (χ4v) is 4.73. The summed E-state index contributed by atoms with van der Waals surface area (Å²) < 4.78 is 2.50. The molecule has 1 aromatic heterocycles. The Balaban J connectivity index is 1.72. The number of nitrogens with zero attached hydrogens (tertiary/aromatic N) is 1. The van der Waals surface area contributed by atoms with Crippen LogP contribution in [0.1, 0.15) is 12.8 Å². The number of halogens is 1. The fraction of sp³-hybridized carbons (Fsp3) is 0.143. The summed E-state index contributed by atoms with van der Waals surface area (Å²) in [5, 5.41) is 3.73. The zero-order valence-corrected chi connectivity index (χ0v) is 18.5. The van der Waals surface area contributed by atoms with Gasteiger partial charge in [-0.05, 0) is 59.4 Å². The van der Waals surface area contributed by atoms with Crippen molar-refractivity contribution >= 4 is 37.7 Å². The number of hydrogen-bond acceptors (Lipinski definition) is 0. The van der Waals surface area contributed by atoms with Gasteiger partial charge >= 0.3 is 0 Å². The molecule has 4 aromatic carbocycles. The van der Waals surface area contributed by atoms with Crippen LogP contribution in [0.5, 0.6) is 0 Å². The van der Waals surface area contributed by atoms with Crippen molar-refractivity contribution in [3.05, 3.63) is 97.1 Å². The van der Waals surface area contributed by atoms with Gasteiger partial charge in [0.2, 0.25) is 0 Å². The van der Waals surface area contributed by atoms with Crippen molar-refractivity contribution in [2.45, 2.75) is 19.4 Å². The van der Waals surface area contributed by atoms with Crippen LogP contribution in [0, 0.1) is 0 Å². The van der Waals surface area contributed by atoms with Crippen molar-refractivity contribution in [2.75, 3.05) is 5.33 Å². The van der Waals surface area contributed by atoms with Gasteiger partial charge in [-0.3, -0.25) is 0 Å². The Morgan fingerprint density at radius 3 is 1.50 bits per heavy atom. The zero-order chi connectivity index (χ0) is 20.3. The molecule has 0 saturated heterocycles. The minimum absolute atomic E-state index is 1.04. The van der Waals surface area contributed by atoms with Crippen molar-refractivity contribution in [3.63, 3.8) is 0 Å². The van der Waals surface area contributed by atoms with Gasteiger partial charge in [0.1, 0.15) is 0 Å². The first-order valence-electron chi connectivity index (χ1n) is 10.6. The Kier molecular flexibility index (Phi) is 5.42. The summed E-state index contributed by atoms with van der Waals surface area (Å²) in [7, 11) is 0. The second-order valence-corrected chi connectivity index (χ2v) is 8.54. The molecule has 1 heterocycles. The number of hydrogen-bond donors (Lipinski definition) is 0. The molecule has 30 heavy (non-hydrogen) atoms. The lowest BCUT2D eigenvalue weighted by molar-refractivity contribution is 0.670. The van der Waals surface area contributed by atoms with E-state index in [-0.39, 0.29) is 0 Å². The topological polar surface area (TPSA) is 4.93 Å². The number of benzene rings is 4. The van der Waals surface area contributed by atoms with Gasteiger partial charge in [0, 0.05) is 33.7 Å². The predicted octanol–water partition coefficient (Wildman–Crippen LogP) is 8.30. The molecule has 2 heteroatoms. The largest absolute Gasteiger partial charge is 0.340 e. The number of aromatic nitrogens is 1. The molecular weight excluding hydrogens is 430 g/mol. The minimum Gasteiger partial charge on any atom is -0.340 e. The fourth-order valence-electron chi connectivity index (χ4n) is 4.33. The highest BCUT2D eigenvalue weighted by molar-refractivity contribution is 9.09. The monoisotopic (exact) mass is 453 g/mol. The average molecular weight is 454 g/mol. The summed E-state index contributed by atoms with van der Waals surface area (Å²) in [6.07, 6.45) is 2.36. The summed E-state index contributed by atoms with van der Waals surface area (Å²) >= 11 is 3.57. The van der Waals surface area contributed by atoms with Gasteiger partial charge in [-0.15, -0.1) is 0 Å². The molecule has 0 fully saturated rings. The number of alkyl halides is 1. The molecule has 148 valence electrons. The molecule has 5 rings (SSSR count). The molecule has 0 aliphatic carbocycles. The standard InChI is InChI=1S/C28H24BrN/c29-17-7-8-18-30-27-15-13-23(21-9-3-1-4-10-21)19-25(27)26-20-24(14-16-28(26)30)22-11-5-2-6-12-22/h1-6,9-16,19-20H,7-8,17-18H2. The number of aryl methyl sites for hydroxylation is 1. The molecule has 0 saturated carbocycles. The van der Waals surface area contributed by atoms with Crippen molar-refractivity contribution in [1.29, 1.82) is 0 Å². The molecule has 0 aliphatic rings. The van der Waals surface area contributed by atoms with E-state index in [1.54, 1.807) is 0 Å². The molecule has 0 atom stereocenters. The van der Waals surface area contributed by atoms with Crippen LogP contribution in [0.4, 0.5) is 0 Å². The molecular formula is C28H24BrN. The van der Waals surface area contributed by atoms with E-state index < -0.39 is 0 Å². The van der Waals surface area contributed by atoms with Crippen molar-refractivity contribution in [2.24, 2.45) is 0 Å². The van der Waals surface area contributed by atoms with Crippen molar-refractivity contribution < 1.29 is 0 Å². The van der Waals surface area contributed by atoms with Crippen molar-refractivity contribution in [3.8, 4) is 22.3 Å². The van der Waals surface area contributed by atoms with E-state index in [0.717, 1.165) is 11.9 Å². The van der Waals surface area contributed by atoms with Crippen LogP contribution in [0.15, 0.2) is 97.1 Å². The van der Waals surface area contributed by atoms with Gasteiger partial charge < -0.3 is 4.57 Å². The average Bonchev–Trinajstić information content (AvgIpc) is 3.13. The number of unbranched alkanes of at least 4 members (excludes halogenated alkanes) is 1. The third-order valence-corrected chi connectivity index (χ3v) is 6.41. The lowest BCUT2D eigenvalue weighted by Gasteiger charge is -2.08. The zero-order valence-electron chi connectivity index (χ0n) is 16.9. The Labute approximate surface area is 186 Å². The second kappa shape index (κ2) is 8.49. The van der Waals surface area contributed by atoms with E-state index >= 15 is 0 Å². The molecule has 0 amide bonds. The molecule has 0 radical (unpaired) electrons. The highest BCUT2D eigenvalue weighted by atomic mass is 79.9. The first kappa shape index (κ1) is 19.1. The third-order valence-electron chi connectivity index (χ3n) is 5.84. The maximum Gasteiger partial charge on any atom is 0.0491 e. The van der Waals surface area contributed by atoms with Gasteiger partial charge in [0.25, 0.3) is 0 Å². The smallest absolute Gasteiger partial charge is 0.0491 e. The van der Waals surface area contributed by atoms with Crippen LogP contribution in [0.2, 0.25) is 0 Å². The van der Waals surface area contributed by atoms with E-state index in [0.29, 0.717) is 0 Å². The molecule has 0 N–H and O–H groups in total. The first-order chi connectivity index (χ1) is 14.8. The van der Waals surface area contributed by atoms with Crippen LogP contribution >= 0.6 is 15.9 Å². The van der Waals surface area contributed by atoms with E-state index in [1.165, 1.54) is 56.9 Å². The molecule has 0 bridgehead atoms. The lowest BCUT2D eigenvalue weighted by Crippen LogP contribution is -1.98.